The maximum absolute atomic E-state index is 12.9. The number of hydrogen-bond donors (Lipinski definition) is 1. The van der Waals surface area contributed by atoms with Crippen molar-refractivity contribution in [2.75, 3.05) is 0 Å². The van der Waals surface area contributed by atoms with E-state index in [1.54, 1.807) is 10.6 Å². The van der Waals surface area contributed by atoms with Gasteiger partial charge in [-0.15, -0.1) is 0 Å². The van der Waals surface area contributed by atoms with Crippen LogP contribution in [0.1, 0.15) is 16.7 Å². The molecule has 0 aliphatic heterocycles. The van der Waals surface area contributed by atoms with Crippen LogP contribution in [0.15, 0.2) is 82.5 Å². The van der Waals surface area contributed by atoms with Crippen LogP contribution in [0.25, 0.3) is 10.2 Å². The minimum absolute atomic E-state index is 0.0647. The zero-order valence-corrected chi connectivity index (χ0v) is 18.1. The molecule has 32 heavy (non-hydrogen) atoms. The molecule has 0 radical (unpaired) electrons. The maximum atomic E-state index is 12.9. The molecule has 0 fully saturated rings. The number of alkyl halides is 3. The van der Waals surface area contributed by atoms with E-state index in [4.69, 9.17) is 0 Å². The van der Waals surface area contributed by atoms with Crippen molar-refractivity contribution in [2.24, 2.45) is 0 Å². The number of benzene rings is 3. The summed E-state index contributed by atoms with van der Waals surface area (Å²) < 4.78 is 68.4. The highest BCUT2D eigenvalue weighted by Crippen LogP contribution is 2.29. The van der Waals surface area contributed by atoms with Crippen LogP contribution in [-0.4, -0.2) is 13.0 Å². The summed E-state index contributed by atoms with van der Waals surface area (Å²) in [7, 11) is -4.00. The Morgan fingerprint density at radius 2 is 1.62 bits per heavy atom. The predicted molar refractivity (Wildman–Crippen MR) is 117 cm³/mol. The van der Waals surface area contributed by atoms with E-state index >= 15 is 0 Å². The number of sulfonamides is 1. The van der Waals surface area contributed by atoms with Crippen LogP contribution in [0, 0.1) is 0 Å². The van der Waals surface area contributed by atoms with Crippen molar-refractivity contribution < 1.29 is 21.6 Å². The largest absolute Gasteiger partial charge is 0.416 e. The molecule has 3 aromatic carbocycles. The van der Waals surface area contributed by atoms with E-state index in [0.29, 0.717) is 16.8 Å². The Balaban J connectivity index is 1.57. The van der Waals surface area contributed by atoms with Gasteiger partial charge in [0, 0.05) is 6.54 Å². The van der Waals surface area contributed by atoms with E-state index in [9.17, 15) is 26.4 Å². The summed E-state index contributed by atoms with van der Waals surface area (Å²) >= 11 is 0.938. The molecule has 0 atom stereocenters. The van der Waals surface area contributed by atoms with Crippen molar-refractivity contribution in [3.05, 3.63) is 99.2 Å². The predicted octanol–water partition coefficient (Wildman–Crippen LogP) is 4.61. The molecule has 0 spiro atoms. The van der Waals surface area contributed by atoms with E-state index in [-0.39, 0.29) is 21.9 Å². The SMILES string of the molecule is O=c1sc2cc(S(=O)(=O)NCc3cccc(C(F)(F)F)c3)ccc2n1Cc1ccccc1. The summed E-state index contributed by atoms with van der Waals surface area (Å²) in [5.74, 6) is 0. The lowest BCUT2D eigenvalue weighted by atomic mass is 10.1. The Bertz CT molecular complexity index is 1430. The molecule has 0 saturated heterocycles. The quantitative estimate of drug-likeness (QED) is 0.440. The number of halogens is 3. The third kappa shape index (κ3) is 4.77. The van der Waals surface area contributed by atoms with E-state index in [0.717, 1.165) is 29.0 Å². The number of rotatable bonds is 6. The van der Waals surface area contributed by atoms with Crippen LogP contribution in [0.5, 0.6) is 0 Å². The molecule has 10 heteroatoms. The molecule has 166 valence electrons. The third-order valence-corrected chi connectivity index (χ3v) is 7.19. The van der Waals surface area contributed by atoms with Crippen molar-refractivity contribution in [1.82, 2.24) is 9.29 Å². The van der Waals surface area contributed by atoms with Crippen LogP contribution in [0.2, 0.25) is 0 Å². The first kappa shape index (κ1) is 22.3. The molecule has 5 nitrogen and oxygen atoms in total. The van der Waals surface area contributed by atoms with E-state index in [2.05, 4.69) is 4.72 Å². The fourth-order valence-corrected chi connectivity index (χ4v) is 5.30. The summed E-state index contributed by atoms with van der Waals surface area (Å²) in [5, 5.41) is 0. The molecular weight excluding hydrogens is 461 g/mol. The summed E-state index contributed by atoms with van der Waals surface area (Å²) in [6.45, 7) is 0.0646. The Labute approximate surface area is 185 Å². The molecule has 0 bridgehead atoms. The van der Waals surface area contributed by atoms with Gasteiger partial charge in [0.15, 0.2) is 0 Å². The molecule has 1 aromatic heterocycles. The van der Waals surface area contributed by atoms with Gasteiger partial charge in [-0.25, -0.2) is 13.1 Å². The van der Waals surface area contributed by atoms with Gasteiger partial charge in [-0.05, 0) is 35.4 Å². The average molecular weight is 479 g/mol. The number of thiazole rings is 1. The van der Waals surface area contributed by atoms with Crippen molar-refractivity contribution in [1.29, 1.82) is 0 Å². The number of aromatic nitrogens is 1. The lowest BCUT2D eigenvalue weighted by Gasteiger charge is -2.10. The first-order chi connectivity index (χ1) is 15.1. The van der Waals surface area contributed by atoms with Crippen molar-refractivity contribution in [3.8, 4) is 0 Å². The monoisotopic (exact) mass is 478 g/mol. The Kier molecular flexibility index (Phi) is 5.93. The Morgan fingerprint density at radius 3 is 2.34 bits per heavy atom. The van der Waals surface area contributed by atoms with Gasteiger partial charge in [-0.1, -0.05) is 59.9 Å². The van der Waals surface area contributed by atoms with Gasteiger partial charge >= 0.3 is 11.0 Å². The van der Waals surface area contributed by atoms with Gasteiger partial charge in [-0.3, -0.25) is 9.36 Å². The first-order valence-electron chi connectivity index (χ1n) is 9.47. The van der Waals surface area contributed by atoms with Crippen LogP contribution < -0.4 is 9.60 Å². The summed E-state index contributed by atoms with van der Waals surface area (Å²) in [5.41, 5.74) is 0.887. The lowest BCUT2D eigenvalue weighted by molar-refractivity contribution is -0.137. The van der Waals surface area contributed by atoms with Crippen LogP contribution >= 0.6 is 11.3 Å². The normalized spacial score (nSPS) is 12.3. The van der Waals surface area contributed by atoms with E-state index < -0.39 is 21.8 Å². The lowest BCUT2D eigenvalue weighted by Crippen LogP contribution is -2.23. The zero-order valence-electron chi connectivity index (χ0n) is 16.5. The molecule has 4 aromatic rings. The van der Waals surface area contributed by atoms with Crippen LogP contribution in [-0.2, 0) is 29.3 Å². The fraction of sp³-hybridized carbons (Fsp3) is 0.136. The molecule has 0 unspecified atom stereocenters. The molecule has 0 amide bonds. The summed E-state index contributed by atoms with van der Waals surface area (Å²) in [6, 6.07) is 18.2. The highest BCUT2D eigenvalue weighted by Gasteiger charge is 2.30. The number of fused-ring (bicyclic) bond motifs is 1. The van der Waals surface area contributed by atoms with Gasteiger partial charge in [0.1, 0.15) is 0 Å². The highest BCUT2D eigenvalue weighted by molar-refractivity contribution is 7.89. The minimum Gasteiger partial charge on any atom is -0.294 e. The van der Waals surface area contributed by atoms with E-state index in [1.807, 2.05) is 30.3 Å². The molecule has 0 saturated carbocycles. The summed E-state index contributed by atoms with van der Waals surface area (Å²) in [6.07, 6.45) is -4.51. The third-order valence-electron chi connectivity index (χ3n) is 4.85. The first-order valence-corrected chi connectivity index (χ1v) is 11.8. The fourth-order valence-electron chi connectivity index (χ4n) is 3.25. The molecule has 1 heterocycles. The van der Waals surface area contributed by atoms with Gasteiger partial charge in [0.25, 0.3) is 0 Å². The van der Waals surface area contributed by atoms with Crippen molar-refractivity contribution in [2.45, 2.75) is 24.2 Å². The second kappa shape index (κ2) is 8.53. The Morgan fingerprint density at radius 1 is 0.906 bits per heavy atom. The number of nitrogens with zero attached hydrogens (tertiary/aromatic N) is 1. The van der Waals surface area contributed by atoms with Crippen LogP contribution in [0.3, 0.4) is 0 Å². The molecular formula is C22H17F3N2O3S2. The molecule has 4 rings (SSSR count). The minimum atomic E-state index is -4.51. The topological polar surface area (TPSA) is 68.2 Å². The standard InChI is InChI=1S/C22H17F3N2O3S2/c23-22(24,25)17-8-4-7-16(11-17)13-26-32(29,30)18-9-10-19-20(12-18)31-21(28)27(19)14-15-5-2-1-3-6-15/h1-12,26H,13-14H2. The second-order valence-electron chi connectivity index (χ2n) is 7.09. The van der Waals surface area contributed by atoms with E-state index in [1.165, 1.54) is 24.3 Å². The maximum Gasteiger partial charge on any atom is 0.416 e. The van der Waals surface area contributed by atoms with Crippen molar-refractivity contribution >= 4 is 31.6 Å². The Hall–Kier alpha value is -2.95. The van der Waals surface area contributed by atoms with Crippen molar-refractivity contribution in [3.63, 3.8) is 0 Å². The van der Waals surface area contributed by atoms with Gasteiger partial charge in [0.2, 0.25) is 10.0 Å². The number of nitrogens with one attached hydrogen (secondary N) is 1. The van der Waals surface area contributed by atoms with Gasteiger partial charge < -0.3 is 0 Å². The van der Waals surface area contributed by atoms with Gasteiger partial charge in [-0.2, -0.15) is 13.2 Å². The van der Waals surface area contributed by atoms with Gasteiger partial charge in [0.05, 0.1) is 27.2 Å². The molecule has 0 aliphatic carbocycles. The second-order valence-corrected chi connectivity index (χ2v) is 9.85. The molecule has 0 aliphatic rings. The highest BCUT2D eigenvalue weighted by atomic mass is 32.2. The molecule has 1 N–H and O–H groups in total. The number of hydrogen-bond acceptors (Lipinski definition) is 4. The smallest absolute Gasteiger partial charge is 0.294 e. The summed E-state index contributed by atoms with van der Waals surface area (Å²) in [4.78, 5) is 12.2. The van der Waals surface area contributed by atoms with Crippen LogP contribution in [0.4, 0.5) is 13.2 Å². The zero-order chi connectivity index (χ0) is 22.9. The average Bonchev–Trinajstić information content (AvgIpc) is 3.07.